The van der Waals surface area contributed by atoms with Crippen molar-refractivity contribution in [2.24, 2.45) is 5.92 Å². The molecule has 0 aromatic heterocycles. The highest BCUT2D eigenvalue weighted by Gasteiger charge is 2.27. The molecule has 0 spiro atoms. The van der Waals surface area contributed by atoms with Crippen LogP contribution in [-0.2, 0) is 24.0 Å². The van der Waals surface area contributed by atoms with Gasteiger partial charge < -0.3 is 10.2 Å². The lowest BCUT2D eigenvalue weighted by molar-refractivity contribution is -0.186. The maximum atomic E-state index is 11.7. The number of hydrogen-bond acceptors (Lipinski definition) is 5. The Labute approximate surface area is 161 Å². The maximum Gasteiger partial charge on any atom is 0.333 e. The van der Waals surface area contributed by atoms with Gasteiger partial charge in [0.2, 0.25) is 5.91 Å². The summed E-state index contributed by atoms with van der Waals surface area (Å²) in [4.78, 5) is 51.4. The second-order valence-corrected chi connectivity index (χ2v) is 7.21. The molecule has 1 aliphatic heterocycles. The molecule has 0 saturated carbocycles. The van der Waals surface area contributed by atoms with Crippen LogP contribution in [0.15, 0.2) is 12.3 Å². The third kappa shape index (κ3) is 9.35. The molecule has 0 bridgehead atoms. The number of carbonyl (C=O) groups is 4. The summed E-state index contributed by atoms with van der Waals surface area (Å²) in [6.45, 7) is 8.03. The molecular weight excluding hydrogens is 348 g/mol. The van der Waals surface area contributed by atoms with Crippen LogP contribution in [0.4, 0.5) is 0 Å². The Kier molecular flexibility index (Phi) is 10.4. The van der Waals surface area contributed by atoms with Crippen LogP contribution < -0.4 is 5.32 Å². The Morgan fingerprint density at radius 2 is 1.70 bits per heavy atom. The number of unbranched alkanes of at least 4 members (excludes halogenated alkanes) is 3. The van der Waals surface area contributed by atoms with E-state index in [0.29, 0.717) is 44.3 Å². The summed E-state index contributed by atoms with van der Waals surface area (Å²) < 4.78 is 0. The molecule has 152 valence electrons. The first-order valence-corrected chi connectivity index (χ1v) is 9.82. The van der Waals surface area contributed by atoms with Crippen molar-refractivity contribution in [1.29, 1.82) is 0 Å². The highest BCUT2D eigenvalue weighted by atomic mass is 16.7. The Bertz CT molecular complexity index is 541. The van der Waals surface area contributed by atoms with Gasteiger partial charge >= 0.3 is 5.97 Å². The highest BCUT2D eigenvalue weighted by Crippen LogP contribution is 2.21. The lowest BCUT2D eigenvalue weighted by Gasteiger charge is -2.15. The molecule has 27 heavy (non-hydrogen) atoms. The van der Waals surface area contributed by atoms with Gasteiger partial charge in [-0.1, -0.05) is 26.8 Å². The predicted octanol–water partition coefficient (Wildman–Crippen LogP) is 3.04. The molecule has 1 heterocycles. The lowest BCUT2D eigenvalue weighted by atomic mass is 10.0. The van der Waals surface area contributed by atoms with Gasteiger partial charge in [0.15, 0.2) is 0 Å². The molecule has 0 aliphatic carbocycles. The number of rotatable bonds is 13. The molecule has 2 amide bonds. The van der Waals surface area contributed by atoms with Gasteiger partial charge in [-0.25, -0.2) is 4.79 Å². The number of Topliss-reactive ketones (excluding diaryl/α,β-unsaturated/α-hetero) is 1. The first-order chi connectivity index (χ1) is 12.8. The molecule has 0 atom stereocenters. The minimum Gasteiger partial charge on any atom is -0.356 e. The molecular formula is C20H32N2O5. The van der Waals surface area contributed by atoms with E-state index in [0.717, 1.165) is 30.7 Å². The van der Waals surface area contributed by atoms with Gasteiger partial charge in [-0.2, -0.15) is 0 Å². The summed E-state index contributed by atoms with van der Waals surface area (Å²) in [5.74, 6) is -0.369. The summed E-state index contributed by atoms with van der Waals surface area (Å²) in [5, 5.41) is 3.84. The quantitative estimate of drug-likeness (QED) is 0.496. The van der Waals surface area contributed by atoms with E-state index in [1.807, 2.05) is 13.8 Å². The fourth-order valence-corrected chi connectivity index (χ4v) is 2.65. The Hall–Kier alpha value is -2.18. The average molecular weight is 380 g/mol. The molecule has 0 aromatic rings. The molecule has 7 nitrogen and oxygen atoms in total. The van der Waals surface area contributed by atoms with E-state index in [4.69, 9.17) is 4.84 Å². The number of hydrogen-bond donors (Lipinski definition) is 1. The first-order valence-electron chi connectivity index (χ1n) is 9.82. The van der Waals surface area contributed by atoms with E-state index >= 15 is 0 Å². The summed E-state index contributed by atoms with van der Waals surface area (Å²) in [6, 6.07) is 0. The minimum absolute atomic E-state index is 0.00235. The minimum atomic E-state index is -0.439. The number of nitrogens with one attached hydrogen (secondary N) is 1. The molecule has 7 heteroatoms. The topological polar surface area (TPSA) is 92.8 Å². The number of hydroxylamine groups is 2. The Morgan fingerprint density at radius 3 is 2.33 bits per heavy atom. The van der Waals surface area contributed by atoms with E-state index in [9.17, 15) is 19.2 Å². The van der Waals surface area contributed by atoms with Crippen molar-refractivity contribution in [2.75, 3.05) is 6.54 Å². The normalized spacial score (nSPS) is 14.0. The van der Waals surface area contributed by atoms with E-state index in [2.05, 4.69) is 11.9 Å². The van der Waals surface area contributed by atoms with Gasteiger partial charge in [-0.05, 0) is 32.1 Å². The summed E-state index contributed by atoms with van der Waals surface area (Å²) in [5.41, 5.74) is 0.518. The summed E-state index contributed by atoms with van der Waals surface area (Å²) >= 11 is 0. The van der Waals surface area contributed by atoms with E-state index in [1.165, 1.54) is 0 Å². The van der Waals surface area contributed by atoms with E-state index in [1.54, 1.807) is 0 Å². The second-order valence-electron chi connectivity index (χ2n) is 7.21. The van der Waals surface area contributed by atoms with Crippen LogP contribution in [0.5, 0.6) is 0 Å². The smallest absolute Gasteiger partial charge is 0.333 e. The number of carbonyl (C=O) groups excluding carboxylic acids is 4. The third-order valence-electron chi connectivity index (χ3n) is 4.44. The van der Waals surface area contributed by atoms with Crippen molar-refractivity contribution < 1.29 is 24.0 Å². The molecule has 0 unspecified atom stereocenters. The van der Waals surface area contributed by atoms with E-state index in [-0.39, 0.29) is 29.9 Å². The molecule has 1 aliphatic rings. The van der Waals surface area contributed by atoms with Crippen molar-refractivity contribution in [3.8, 4) is 0 Å². The van der Waals surface area contributed by atoms with Crippen LogP contribution >= 0.6 is 0 Å². The Balaban J connectivity index is 1.98. The Morgan fingerprint density at radius 1 is 1.04 bits per heavy atom. The third-order valence-corrected chi connectivity index (χ3v) is 4.44. The van der Waals surface area contributed by atoms with Crippen LogP contribution in [0.25, 0.3) is 0 Å². The number of amides is 2. The van der Waals surface area contributed by atoms with Crippen molar-refractivity contribution in [3.05, 3.63) is 12.3 Å². The zero-order chi connectivity index (χ0) is 20.2. The van der Waals surface area contributed by atoms with Gasteiger partial charge in [-0.3, -0.25) is 14.4 Å². The predicted molar refractivity (Wildman–Crippen MR) is 101 cm³/mol. The summed E-state index contributed by atoms with van der Waals surface area (Å²) in [7, 11) is 0. The second kappa shape index (κ2) is 12.3. The van der Waals surface area contributed by atoms with Crippen LogP contribution in [0, 0.1) is 5.92 Å². The van der Waals surface area contributed by atoms with Crippen molar-refractivity contribution >= 4 is 23.6 Å². The van der Waals surface area contributed by atoms with Crippen molar-refractivity contribution in [1.82, 2.24) is 10.4 Å². The van der Waals surface area contributed by atoms with Gasteiger partial charge in [0.25, 0.3) is 5.91 Å². The van der Waals surface area contributed by atoms with Gasteiger partial charge in [0.1, 0.15) is 5.78 Å². The molecule has 0 aromatic carbocycles. The van der Waals surface area contributed by atoms with E-state index < -0.39 is 5.97 Å². The maximum absolute atomic E-state index is 11.7. The standard InChI is InChI=1S/C20H32N2O5/c1-15(2)17(23)9-6-7-10-18(24)21-14-8-4-5-11-20(26)27-22-16(3)12-13-19(22)25/h15H,3-14H2,1-2H3,(H,21,24). The average Bonchev–Trinajstić information content (AvgIpc) is 2.93. The molecule has 1 saturated heterocycles. The largest absolute Gasteiger partial charge is 0.356 e. The summed E-state index contributed by atoms with van der Waals surface area (Å²) in [6.07, 6.45) is 5.74. The number of allylic oxidation sites excluding steroid dienone is 1. The fourth-order valence-electron chi connectivity index (χ4n) is 2.65. The van der Waals surface area contributed by atoms with Crippen LogP contribution in [-0.4, -0.2) is 35.2 Å². The van der Waals surface area contributed by atoms with Crippen LogP contribution in [0.1, 0.15) is 78.1 Å². The molecule has 0 radical (unpaired) electrons. The SMILES string of the molecule is C=C1CCC(=O)N1OC(=O)CCCCCNC(=O)CCCCC(=O)C(C)C. The fraction of sp³-hybridized carbons (Fsp3) is 0.700. The molecule has 1 rings (SSSR count). The zero-order valence-electron chi connectivity index (χ0n) is 16.6. The first kappa shape index (κ1) is 22.9. The van der Waals surface area contributed by atoms with Crippen LogP contribution in [0.2, 0.25) is 0 Å². The van der Waals surface area contributed by atoms with Gasteiger partial charge in [-0.15, -0.1) is 5.06 Å². The lowest BCUT2D eigenvalue weighted by Crippen LogP contribution is -2.26. The zero-order valence-corrected chi connectivity index (χ0v) is 16.6. The number of nitrogens with zero attached hydrogens (tertiary/aromatic N) is 1. The van der Waals surface area contributed by atoms with Crippen molar-refractivity contribution in [2.45, 2.75) is 78.1 Å². The highest BCUT2D eigenvalue weighted by molar-refractivity contribution is 5.82. The molecule has 1 N–H and O–H groups in total. The number of ketones is 1. The van der Waals surface area contributed by atoms with Crippen LogP contribution in [0.3, 0.4) is 0 Å². The van der Waals surface area contributed by atoms with Gasteiger partial charge in [0.05, 0.1) is 5.70 Å². The van der Waals surface area contributed by atoms with Gasteiger partial charge in [0, 0.05) is 38.1 Å². The molecule has 1 fully saturated rings. The monoisotopic (exact) mass is 380 g/mol. The van der Waals surface area contributed by atoms with Crippen molar-refractivity contribution in [3.63, 3.8) is 0 Å².